The minimum absolute atomic E-state index is 0.136. The van der Waals surface area contributed by atoms with Crippen LogP contribution in [0.15, 0.2) is 105 Å². The highest BCUT2D eigenvalue weighted by molar-refractivity contribution is 9.10. The second-order valence-corrected chi connectivity index (χ2v) is 11.7. The maximum Gasteiger partial charge on any atom is 0.343 e. The van der Waals surface area contributed by atoms with Crippen molar-refractivity contribution in [1.82, 2.24) is 5.43 Å². The molecule has 4 aromatic carbocycles. The first-order chi connectivity index (χ1) is 20.1. The standard InChI is InChI=1S/C31H28BrN3O6S/c1-3-18-40-27-13-8-23(9-14-27)31(37)41-29-17-10-25(32)19-24(29)20-33-34-30(36)22-6-11-26(12-7-22)35-42(38,39)28-15-4-21(2)5-16-28/h4-17,19-20,35H,3,18H2,1-2H3,(H,34,36). The lowest BCUT2D eigenvalue weighted by atomic mass is 10.2. The van der Waals surface area contributed by atoms with Gasteiger partial charge < -0.3 is 9.47 Å². The fraction of sp³-hybridized carbons (Fsp3) is 0.129. The highest BCUT2D eigenvalue weighted by Crippen LogP contribution is 2.24. The molecule has 42 heavy (non-hydrogen) atoms. The molecule has 4 rings (SSSR count). The summed E-state index contributed by atoms with van der Waals surface area (Å²) in [6.45, 7) is 4.47. The predicted molar refractivity (Wildman–Crippen MR) is 165 cm³/mol. The van der Waals surface area contributed by atoms with Crippen molar-refractivity contribution < 1.29 is 27.5 Å². The number of hydrogen-bond acceptors (Lipinski definition) is 7. The Balaban J connectivity index is 1.38. The molecule has 11 heteroatoms. The third-order valence-corrected chi connectivity index (χ3v) is 7.73. The number of amides is 1. The highest BCUT2D eigenvalue weighted by atomic mass is 79.9. The molecule has 4 aromatic rings. The molecule has 0 spiro atoms. The Morgan fingerprint density at radius 3 is 2.24 bits per heavy atom. The molecule has 0 aliphatic carbocycles. The van der Waals surface area contributed by atoms with Crippen LogP contribution in [-0.4, -0.2) is 33.1 Å². The largest absolute Gasteiger partial charge is 0.494 e. The maximum absolute atomic E-state index is 12.7. The van der Waals surface area contributed by atoms with Crippen LogP contribution < -0.4 is 19.6 Å². The Labute approximate surface area is 252 Å². The first-order valence-electron chi connectivity index (χ1n) is 12.9. The number of sulfonamides is 1. The average Bonchev–Trinajstić information content (AvgIpc) is 2.98. The Bertz CT molecular complexity index is 1690. The van der Waals surface area contributed by atoms with E-state index < -0.39 is 21.9 Å². The van der Waals surface area contributed by atoms with E-state index in [2.05, 4.69) is 31.2 Å². The molecular formula is C31H28BrN3O6S. The molecule has 216 valence electrons. The summed E-state index contributed by atoms with van der Waals surface area (Å²) in [6.07, 6.45) is 2.24. The molecule has 0 saturated carbocycles. The van der Waals surface area contributed by atoms with E-state index in [0.29, 0.717) is 29.2 Å². The van der Waals surface area contributed by atoms with Gasteiger partial charge in [0, 0.05) is 21.3 Å². The second-order valence-electron chi connectivity index (χ2n) is 9.14. The Hall–Kier alpha value is -4.48. The number of aryl methyl sites for hydroxylation is 1. The monoisotopic (exact) mass is 649 g/mol. The van der Waals surface area contributed by atoms with E-state index in [0.717, 1.165) is 16.5 Å². The molecule has 0 unspecified atom stereocenters. The predicted octanol–water partition coefficient (Wildman–Crippen LogP) is 6.33. The van der Waals surface area contributed by atoms with Gasteiger partial charge in [0.05, 0.1) is 23.3 Å². The first kappa shape index (κ1) is 30.5. The van der Waals surface area contributed by atoms with Gasteiger partial charge in [-0.05, 0) is 92.2 Å². The number of esters is 1. The van der Waals surface area contributed by atoms with E-state index in [-0.39, 0.29) is 16.2 Å². The van der Waals surface area contributed by atoms with Crippen molar-refractivity contribution in [2.45, 2.75) is 25.2 Å². The van der Waals surface area contributed by atoms with Crippen LogP contribution in [0.2, 0.25) is 0 Å². The van der Waals surface area contributed by atoms with Gasteiger partial charge >= 0.3 is 5.97 Å². The Kier molecular flexibility index (Phi) is 10.1. The van der Waals surface area contributed by atoms with Gasteiger partial charge in [-0.15, -0.1) is 0 Å². The van der Waals surface area contributed by atoms with Gasteiger partial charge in [-0.25, -0.2) is 18.6 Å². The molecule has 2 N–H and O–H groups in total. The van der Waals surface area contributed by atoms with Gasteiger partial charge in [-0.2, -0.15) is 5.10 Å². The van der Waals surface area contributed by atoms with Crippen molar-refractivity contribution in [3.05, 3.63) is 118 Å². The van der Waals surface area contributed by atoms with Crippen LogP contribution in [-0.2, 0) is 10.0 Å². The van der Waals surface area contributed by atoms with Crippen molar-refractivity contribution >= 4 is 49.7 Å². The van der Waals surface area contributed by atoms with Crippen LogP contribution in [0.3, 0.4) is 0 Å². The van der Waals surface area contributed by atoms with Crippen molar-refractivity contribution in [1.29, 1.82) is 0 Å². The van der Waals surface area contributed by atoms with Crippen molar-refractivity contribution in [3.8, 4) is 11.5 Å². The summed E-state index contributed by atoms with van der Waals surface area (Å²) in [5, 5.41) is 4.00. The van der Waals surface area contributed by atoms with Crippen LogP contribution in [0.1, 0.15) is 45.2 Å². The zero-order chi connectivity index (χ0) is 30.1. The number of hydrazone groups is 1. The summed E-state index contributed by atoms with van der Waals surface area (Å²) in [5.41, 5.74) is 4.73. The van der Waals surface area contributed by atoms with Gasteiger partial charge in [-0.1, -0.05) is 40.5 Å². The van der Waals surface area contributed by atoms with Gasteiger partial charge in [-0.3, -0.25) is 9.52 Å². The minimum atomic E-state index is -3.77. The fourth-order valence-corrected chi connectivity index (χ4v) is 5.06. The third kappa shape index (κ3) is 8.27. The number of nitrogens with zero attached hydrogens (tertiary/aromatic N) is 1. The van der Waals surface area contributed by atoms with Crippen LogP contribution in [0, 0.1) is 6.92 Å². The first-order valence-corrected chi connectivity index (χ1v) is 15.2. The average molecular weight is 651 g/mol. The molecule has 0 atom stereocenters. The minimum Gasteiger partial charge on any atom is -0.494 e. The number of hydrogen-bond donors (Lipinski definition) is 2. The summed E-state index contributed by atoms with van der Waals surface area (Å²) >= 11 is 3.39. The summed E-state index contributed by atoms with van der Waals surface area (Å²) < 4.78 is 39.5. The molecule has 0 bridgehead atoms. The van der Waals surface area contributed by atoms with Crippen molar-refractivity contribution in [3.63, 3.8) is 0 Å². The molecule has 0 fully saturated rings. The SMILES string of the molecule is CCCOc1ccc(C(=O)Oc2ccc(Br)cc2C=NNC(=O)c2ccc(NS(=O)(=O)c3ccc(C)cc3)cc2)cc1. The summed E-state index contributed by atoms with van der Waals surface area (Å²) in [6, 6.07) is 24.1. The molecule has 0 aliphatic heterocycles. The molecule has 1 amide bonds. The number of carbonyl (C=O) groups excluding carboxylic acids is 2. The quantitative estimate of drug-likeness (QED) is 0.0847. The molecule has 9 nitrogen and oxygen atoms in total. The number of rotatable bonds is 11. The summed E-state index contributed by atoms with van der Waals surface area (Å²) in [5.74, 6) is -0.161. The van der Waals surface area contributed by atoms with E-state index in [4.69, 9.17) is 9.47 Å². The van der Waals surface area contributed by atoms with Crippen LogP contribution in [0.5, 0.6) is 11.5 Å². The van der Waals surface area contributed by atoms with Crippen molar-refractivity contribution in [2.24, 2.45) is 5.10 Å². The van der Waals surface area contributed by atoms with E-state index in [1.807, 2.05) is 13.8 Å². The van der Waals surface area contributed by atoms with Gasteiger partial charge in [0.1, 0.15) is 11.5 Å². The number of carbonyl (C=O) groups is 2. The van der Waals surface area contributed by atoms with E-state index in [9.17, 15) is 18.0 Å². The molecule has 0 aliphatic rings. The Morgan fingerprint density at radius 1 is 0.905 bits per heavy atom. The fourth-order valence-electron chi connectivity index (χ4n) is 3.63. The number of ether oxygens (including phenoxy) is 2. The van der Waals surface area contributed by atoms with Crippen LogP contribution >= 0.6 is 15.9 Å². The van der Waals surface area contributed by atoms with Gasteiger partial charge in [0.15, 0.2) is 0 Å². The van der Waals surface area contributed by atoms with E-state index in [1.54, 1.807) is 54.6 Å². The number of halogens is 1. The van der Waals surface area contributed by atoms with E-state index >= 15 is 0 Å². The number of anilines is 1. The lowest BCUT2D eigenvalue weighted by Crippen LogP contribution is -2.18. The molecule has 0 aromatic heterocycles. The zero-order valence-corrected chi connectivity index (χ0v) is 25.2. The van der Waals surface area contributed by atoms with Gasteiger partial charge in [0.2, 0.25) is 0 Å². The van der Waals surface area contributed by atoms with Crippen LogP contribution in [0.4, 0.5) is 5.69 Å². The normalized spacial score (nSPS) is 11.2. The molecule has 0 saturated heterocycles. The second kappa shape index (κ2) is 13.9. The summed E-state index contributed by atoms with van der Waals surface area (Å²) in [4.78, 5) is 25.5. The third-order valence-electron chi connectivity index (χ3n) is 5.84. The number of nitrogens with one attached hydrogen (secondary N) is 2. The molecule has 0 heterocycles. The topological polar surface area (TPSA) is 123 Å². The van der Waals surface area contributed by atoms with Gasteiger partial charge in [0.25, 0.3) is 15.9 Å². The molecular weight excluding hydrogens is 622 g/mol. The molecule has 0 radical (unpaired) electrons. The van der Waals surface area contributed by atoms with Crippen molar-refractivity contribution in [2.75, 3.05) is 11.3 Å². The maximum atomic E-state index is 12.7. The van der Waals surface area contributed by atoms with E-state index in [1.165, 1.54) is 42.6 Å². The number of benzene rings is 4. The summed E-state index contributed by atoms with van der Waals surface area (Å²) in [7, 11) is -3.77. The lowest BCUT2D eigenvalue weighted by molar-refractivity contribution is 0.0734. The lowest BCUT2D eigenvalue weighted by Gasteiger charge is -2.09. The smallest absolute Gasteiger partial charge is 0.343 e. The zero-order valence-electron chi connectivity index (χ0n) is 22.8. The Morgan fingerprint density at radius 2 is 1.57 bits per heavy atom. The highest BCUT2D eigenvalue weighted by Gasteiger charge is 2.15. The van der Waals surface area contributed by atoms with Crippen LogP contribution in [0.25, 0.3) is 0 Å².